The molecule has 0 radical (unpaired) electrons. The van der Waals surface area contributed by atoms with Crippen molar-refractivity contribution in [3.8, 4) is 0 Å². The van der Waals surface area contributed by atoms with Gasteiger partial charge in [-0.25, -0.2) is 4.98 Å². The van der Waals surface area contributed by atoms with E-state index in [1.807, 2.05) is 0 Å². The molecule has 1 aliphatic rings. The standard InChI is InChI=1S/C13H18N6O2/c1-17(2)10(9-3-4-9)7-14-11-5-6-12-15-8-13(19(20)21)18(12)16-11/h5-6,8-10H,3-4,7H2,1-2H3,(H,14,16). The van der Waals surface area contributed by atoms with Crippen LogP contribution in [0.3, 0.4) is 0 Å². The van der Waals surface area contributed by atoms with Crippen LogP contribution in [0.2, 0.25) is 0 Å². The summed E-state index contributed by atoms with van der Waals surface area (Å²) in [7, 11) is 4.14. The molecule has 8 nitrogen and oxygen atoms in total. The van der Waals surface area contributed by atoms with Gasteiger partial charge in [-0.3, -0.25) is 0 Å². The third-order valence-electron chi connectivity index (χ3n) is 3.85. The van der Waals surface area contributed by atoms with E-state index in [1.54, 1.807) is 12.1 Å². The number of imidazole rings is 1. The molecule has 1 fully saturated rings. The Kier molecular flexibility index (Phi) is 3.46. The Bertz CT molecular complexity index is 662. The number of anilines is 1. The van der Waals surface area contributed by atoms with Gasteiger partial charge in [0.1, 0.15) is 6.20 Å². The van der Waals surface area contributed by atoms with Crippen molar-refractivity contribution < 1.29 is 4.92 Å². The average molecular weight is 290 g/mol. The molecule has 0 aliphatic heterocycles. The van der Waals surface area contributed by atoms with Crippen LogP contribution in [0.1, 0.15) is 12.8 Å². The molecule has 1 N–H and O–H groups in total. The van der Waals surface area contributed by atoms with E-state index < -0.39 is 4.92 Å². The summed E-state index contributed by atoms with van der Waals surface area (Å²) < 4.78 is 1.25. The Morgan fingerprint density at radius 3 is 2.90 bits per heavy atom. The van der Waals surface area contributed by atoms with Crippen molar-refractivity contribution in [1.29, 1.82) is 0 Å². The van der Waals surface area contributed by atoms with Gasteiger partial charge in [0.25, 0.3) is 0 Å². The van der Waals surface area contributed by atoms with Crippen LogP contribution in [0.15, 0.2) is 18.3 Å². The van der Waals surface area contributed by atoms with Crippen molar-refractivity contribution in [2.75, 3.05) is 26.0 Å². The second kappa shape index (κ2) is 5.28. The number of aromatic nitrogens is 3. The van der Waals surface area contributed by atoms with E-state index in [1.165, 1.54) is 23.6 Å². The van der Waals surface area contributed by atoms with Crippen molar-refractivity contribution in [3.63, 3.8) is 0 Å². The third-order valence-corrected chi connectivity index (χ3v) is 3.85. The monoisotopic (exact) mass is 290 g/mol. The predicted octanol–water partition coefficient (Wildman–Crippen LogP) is 1.39. The summed E-state index contributed by atoms with van der Waals surface area (Å²) in [5, 5.41) is 18.4. The number of nitro groups is 1. The van der Waals surface area contributed by atoms with E-state index in [-0.39, 0.29) is 5.82 Å². The fourth-order valence-corrected chi connectivity index (χ4v) is 2.54. The Morgan fingerprint density at radius 1 is 1.52 bits per heavy atom. The third kappa shape index (κ3) is 2.80. The summed E-state index contributed by atoms with van der Waals surface area (Å²) in [5.41, 5.74) is 0.471. The van der Waals surface area contributed by atoms with E-state index in [2.05, 4.69) is 34.4 Å². The highest BCUT2D eigenvalue weighted by atomic mass is 16.6. The minimum absolute atomic E-state index is 0.125. The van der Waals surface area contributed by atoms with Crippen LogP contribution in [-0.4, -0.2) is 51.1 Å². The van der Waals surface area contributed by atoms with Crippen LogP contribution in [0, 0.1) is 16.0 Å². The molecule has 2 aromatic heterocycles. The van der Waals surface area contributed by atoms with Gasteiger partial charge in [0, 0.05) is 18.7 Å². The molecule has 0 amide bonds. The van der Waals surface area contributed by atoms with Gasteiger partial charge in [-0.1, -0.05) is 9.61 Å². The van der Waals surface area contributed by atoms with Crippen LogP contribution in [0.5, 0.6) is 0 Å². The largest absolute Gasteiger partial charge is 0.368 e. The minimum atomic E-state index is -0.483. The highest BCUT2D eigenvalue weighted by Gasteiger charge is 2.32. The summed E-state index contributed by atoms with van der Waals surface area (Å²) in [6.07, 6.45) is 3.76. The SMILES string of the molecule is CN(C)C(CNc1ccc2ncc([N+](=O)[O-])n2n1)C1CC1. The van der Waals surface area contributed by atoms with E-state index >= 15 is 0 Å². The van der Waals surface area contributed by atoms with Gasteiger partial charge < -0.3 is 20.3 Å². The lowest BCUT2D eigenvalue weighted by Gasteiger charge is -2.24. The maximum absolute atomic E-state index is 10.9. The molecule has 112 valence electrons. The number of hydrogen-bond donors (Lipinski definition) is 1. The Hall–Kier alpha value is -2.22. The summed E-state index contributed by atoms with van der Waals surface area (Å²) in [6.45, 7) is 0.776. The second-order valence-electron chi connectivity index (χ2n) is 5.61. The molecular weight excluding hydrogens is 272 g/mol. The van der Waals surface area contributed by atoms with Crippen molar-refractivity contribution in [3.05, 3.63) is 28.4 Å². The summed E-state index contributed by atoms with van der Waals surface area (Å²) in [5.74, 6) is 1.23. The van der Waals surface area contributed by atoms with E-state index in [0.29, 0.717) is 17.5 Å². The first kappa shape index (κ1) is 13.7. The molecule has 2 heterocycles. The molecule has 0 bridgehead atoms. The fraction of sp³-hybridized carbons (Fsp3) is 0.538. The predicted molar refractivity (Wildman–Crippen MR) is 78.3 cm³/mol. The number of likely N-dealkylation sites (N-methyl/N-ethyl adjacent to an activating group) is 1. The molecule has 3 rings (SSSR count). The van der Waals surface area contributed by atoms with Gasteiger partial charge in [-0.15, -0.1) is 0 Å². The molecule has 1 saturated carbocycles. The summed E-state index contributed by atoms with van der Waals surface area (Å²) >= 11 is 0. The minimum Gasteiger partial charge on any atom is -0.365 e. The Labute approximate surface area is 121 Å². The first-order chi connectivity index (χ1) is 10.1. The summed E-state index contributed by atoms with van der Waals surface area (Å²) in [6, 6.07) is 3.98. The molecule has 0 spiro atoms. The van der Waals surface area contributed by atoms with Gasteiger partial charge in [-0.05, 0) is 43.8 Å². The van der Waals surface area contributed by atoms with Crippen LogP contribution in [0.25, 0.3) is 5.65 Å². The number of nitrogens with zero attached hydrogens (tertiary/aromatic N) is 5. The zero-order chi connectivity index (χ0) is 15.0. The molecule has 8 heteroatoms. The smallest absolute Gasteiger partial charge is 0.365 e. The van der Waals surface area contributed by atoms with Gasteiger partial charge in [0.05, 0.1) is 0 Å². The van der Waals surface area contributed by atoms with Crippen LogP contribution >= 0.6 is 0 Å². The van der Waals surface area contributed by atoms with Gasteiger partial charge >= 0.3 is 5.82 Å². The molecule has 0 saturated heterocycles. The molecule has 21 heavy (non-hydrogen) atoms. The lowest BCUT2D eigenvalue weighted by molar-refractivity contribution is -0.391. The first-order valence-corrected chi connectivity index (χ1v) is 6.95. The molecule has 1 atom stereocenters. The van der Waals surface area contributed by atoms with Crippen LogP contribution in [-0.2, 0) is 0 Å². The Morgan fingerprint density at radius 2 is 2.29 bits per heavy atom. The molecule has 1 aliphatic carbocycles. The molecule has 0 aromatic carbocycles. The maximum atomic E-state index is 10.9. The molecular formula is C13H18N6O2. The van der Waals surface area contributed by atoms with Crippen molar-refractivity contribution in [1.82, 2.24) is 19.5 Å². The average Bonchev–Trinajstić information content (AvgIpc) is 3.17. The topological polar surface area (TPSA) is 88.6 Å². The normalized spacial score (nSPS) is 16.3. The van der Waals surface area contributed by atoms with Crippen molar-refractivity contribution in [2.24, 2.45) is 5.92 Å². The lowest BCUT2D eigenvalue weighted by Crippen LogP contribution is -2.36. The maximum Gasteiger partial charge on any atom is 0.368 e. The second-order valence-corrected chi connectivity index (χ2v) is 5.61. The number of hydrogen-bond acceptors (Lipinski definition) is 6. The van der Waals surface area contributed by atoms with Gasteiger partial charge in [0.15, 0.2) is 5.82 Å². The van der Waals surface area contributed by atoms with Crippen molar-refractivity contribution >= 4 is 17.3 Å². The molecule has 2 aromatic rings. The van der Waals surface area contributed by atoms with Crippen LogP contribution < -0.4 is 5.32 Å². The van der Waals surface area contributed by atoms with Crippen molar-refractivity contribution in [2.45, 2.75) is 18.9 Å². The van der Waals surface area contributed by atoms with Gasteiger partial charge in [0.2, 0.25) is 5.65 Å². The summed E-state index contributed by atoms with van der Waals surface area (Å²) in [4.78, 5) is 16.6. The van der Waals surface area contributed by atoms with E-state index in [9.17, 15) is 10.1 Å². The zero-order valence-corrected chi connectivity index (χ0v) is 12.1. The first-order valence-electron chi connectivity index (χ1n) is 6.95. The van der Waals surface area contributed by atoms with Gasteiger partial charge in [-0.2, -0.15) is 0 Å². The number of fused-ring (bicyclic) bond motifs is 1. The number of rotatable bonds is 6. The van der Waals surface area contributed by atoms with E-state index in [0.717, 1.165) is 12.5 Å². The van der Waals surface area contributed by atoms with Crippen LogP contribution in [0.4, 0.5) is 11.6 Å². The zero-order valence-electron chi connectivity index (χ0n) is 12.1. The Balaban J connectivity index is 1.77. The highest BCUT2D eigenvalue weighted by Crippen LogP contribution is 2.34. The lowest BCUT2D eigenvalue weighted by atomic mass is 10.1. The number of nitrogens with one attached hydrogen (secondary N) is 1. The molecule has 1 unspecified atom stereocenters. The van der Waals surface area contributed by atoms with E-state index in [4.69, 9.17) is 0 Å². The quantitative estimate of drug-likeness (QED) is 0.639. The fourth-order valence-electron chi connectivity index (χ4n) is 2.54. The highest BCUT2D eigenvalue weighted by molar-refractivity contribution is 5.48.